The molecule has 1 fully saturated rings. The topological polar surface area (TPSA) is 0 Å². The minimum absolute atomic E-state index is 0.225. The second-order valence-corrected chi connectivity index (χ2v) is 8.42. The Balaban J connectivity index is 2.69. The van der Waals surface area contributed by atoms with Crippen LogP contribution >= 0.6 is 0 Å². The monoisotopic (exact) mass is 192 g/mol. The molecule has 1 rings (SSSR count). The summed E-state index contributed by atoms with van der Waals surface area (Å²) in [5.41, 5.74) is -0.225. The highest BCUT2D eigenvalue weighted by Gasteiger charge is 2.54. The SMILES string of the molecule is CC(C)(C)[Si](F)(F)C1CCCC1. The minimum atomic E-state index is -3.97. The van der Waals surface area contributed by atoms with Gasteiger partial charge in [0, 0.05) is 10.6 Å². The smallest absolute Gasteiger partial charge is 0.270 e. The molecule has 3 heteroatoms. The van der Waals surface area contributed by atoms with Gasteiger partial charge in [0.15, 0.2) is 0 Å². The molecule has 0 aromatic rings. The first-order valence-corrected chi connectivity index (χ1v) is 6.57. The Labute approximate surface area is 74.7 Å². The van der Waals surface area contributed by atoms with Gasteiger partial charge in [-0.25, -0.2) is 0 Å². The summed E-state index contributed by atoms with van der Waals surface area (Å²) in [6.45, 7) is 5.08. The van der Waals surface area contributed by atoms with Crippen molar-refractivity contribution < 1.29 is 8.22 Å². The van der Waals surface area contributed by atoms with Crippen molar-refractivity contribution in [3.63, 3.8) is 0 Å². The third-order valence-corrected chi connectivity index (χ3v) is 6.47. The molecule has 0 N–H and O–H groups in total. The number of rotatable bonds is 1. The van der Waals surface area contributed by atoms with E-state index in [0.717, 1.165) is 25.7 Å². The van der Waals surface area contributed by atoms with Gasteiger partial charge in [-0.05, 0) is 12.8 Å². The van der Waals surface area contributed by atoms with Crippen LogP contribution in [0.5, 0.6) is 0 Å². The first-order valence-electron chi connectivity index (χ1n) is 4.73. The van der Waals surface area contributed by atoms with E-state index in [1.807, 2.05) is 0 Å². The van der Waals surface area contributed by atoms with E-state index < -0.39 is 13.8 Å². The van der Waals surface area contributed by atoms with Gasteiger partial charge in [0.25, 0.3) is 0 Å². The second-order valence-electron chi connectivity index (χ2n) is 4.85. The first-order chi connectivity index (χ1) is 5.36. The summed E-state index contributed by atoms with van der Waals surface area (Å²) in [5.74, 6) is 0. The van der Waals surface area contributed by atoms with Crippen LogP contribution in [0.3, 0.4) is 0 Å². The summed E-state index contributed by atoms with van der Waals surface area (Å²) in [7, 11) is -3.97. The fraction of sp³-hybridized carbons (Fsp3) is 1.00. The van der Waals surface area contributed by atoms with Gasteiger partial charge in [-0.3, -0.25) is 8.22 Å². The van der Waals surface area contributed by atoms with Crippen LogP contribution in [0.25, 0.3) is 0 Å². The maximum atomic E-state index is 13.8. The fourth-order valence-corrected chi connectivity index (χ4v) is 4.26. The van der Waals surface area contributed by atoms with Gasteiger partial charge >= 0.3 is 8.74 Å². The van der Waals surface area contributed by atoms with Crippen LogP contribution in [0.15, 0.2) is 0 Å². The summed E-state index contributed by atoms with van der Waals surface area (Å²) in [6, 6.07) is 0. The summed E-state index contributed by atoms with van der Waals surface area (Å²) < 4.78 is 27.5. The van der Waals surface area contributed by atoms with Gasteiger partial charge in [-0.15, -0.1) is 0 Å². The summed E-state index contributed by atoms with van der Waals surface area (Å²) in [4.78, 5) is 0. The average molecular weight is 192 g/mol. The highest BCUT2D eigenvalue weighted by molar-refractivity contribution is 6.70. The molecule has 0 saturated heterocycles. The standard InChI is InChI=1S/C9H18F2Si/c1-9(2,3)12(10,11)8-6-4-5-7-8/h8H,4-7H2,1-3H3. The van der Waals surface area contributed by atoms with E-state index in [2.05, 4.69) is 0 Å². The van der Waals surface area contributed by atoms with Crippen LogP contribution in [0, 0.1) is 0 Å². The van der Waals surface area contributed by atoms with E-state index in [0.29, 0.717) is 0 Å². The molecule has 0 amide bonds. The van der Waals surface area contributed by atoms with Crippen molar-refractivity contribution in [2.45, 2.75) is 57.0 Å². The van der Waals surface area contributed by atoms with Gasteiger partial charge in [-0.2, -0.15) is 0 Å². The Bertz CT molecular complexity index is 154. The first kappa shape index (κ1) is 10.2. The molecular formula is C9H18F2Si. The molecule has 0 aromatic carbocycles. The van der Waals surface area contributed by atoms with Crippen molar-refractivity contribution in [1.29, 1.82) is 0 Å². The summed E-state index contributed by atoms with van der Waals surface area (Å²) in [5, 5.41) is -0.734. The average Bonchev–Trinajstić information content (AvgIpc) is 2.34. The van der Waals surface area contributed by atoms with E-state index in [9.17, 15) is 8.22 Å². The lowest BCUT2D eigenvalue weighted by Crippen LogP contribution is -2.38. The zero-order valence-corrected chi connectivity index (χ0v) is 9.16. The zero-order chi connectivity index (χ0) is 9.41. The van der Waals surface area contributed by atoms with Gasteiger partial charge < -0.3 is 0 Å². The lowest BCUT2D eigenvalue weighted by molar-refractivity contribution is 0.457. The van der Waals surface area contributed by atoms with Gasteiger partial charge in [0.2, 0.25) is 0 Å². The molecule has 1 aliphatic rings. The van der Waals surface area contributed by atoms with E-state index in [-0.39, 0.29) is 5.54 Å². The molecule has 0 bridgehead atoms. The molecule has 12 heavy (non-hydrogen) atoms. The normalized spacial score (nSPS) is 21.8. The van der Waals surface area contributed by atoms with Gasteiger partial charge in [-0.1, -0.05) is 33.6 Å². The highest BCUT2D eigenvalue weighted by atomic mass is 28.4. The molecule has 0 aliphatic heterocycles. The van der Waals surface area contributed by atoms with Crippen molar-refractivity contribution in [2.75, 3.05) is 0 Å². The highest BCUT2D eigenvalue weighted by Crippen LogP contribution is 2.51. The largest absolute Gasteiger partial charge is 0.433 e. The van der Waals surface area contributed by atoms with Crippen molar-refractivity contribution in [1.82, 2.24) is 0 Å². The molecule has 0 radical (unpaired) electrons. The van der Waals surface area contributed by atoms with Crippen LogP contribution < -0.4 is 0 Å². The number of hydrogen-bond acceptors (Lipinski definition) is 0. The van der Waals surface area contributed by atoms with Crippen molar-refractivity contribution >= 4 is 8.74 Å². The lowest BCUT2D eigenvalue weighted by Gasteiger charge is -2.31. The lowest BCUT2D eigenvalue weighted by atomic mass is 10.2. The Morgan fingerprint density at radius 2 is 1.50 bits per heavy atom. The molecule has 1 saturated carbocycles. The maximum Gasteiger partial charge on any atom is 0.433 e. The Kier molecular flexibility index (Phi) is 2.62. The van der Waals surface area contributed by atoms with E-state index >= 15 is 0 Å². The molecular weight excluding hydrogens is 174 g/mol. The van der Waals surface area contributed by atoms with Crippen LogP contribution in [-0.2, 0) is 0 Å². The van der Waals surface area contributed by atoms with Crippen LogP contribution in [0.4, 0.5) is 8.22 Å². The summed E-state index contributed by atoms with van der Waals surface area (Å²) in [6.07, 6.45) is 3.58. The third kappa shape index (κ3) is 1.70. The van der Waals surface area contributed by atoms with Gasteiger partial charge in [0.1, 0.15) is 0 Å². The Morgan fingerprint density at radius 3 is 1.83 bits per heavy atom. The molecule has 72 valence electrons. The van der Waals surface area contributed by atoms with Crippen LogP contribution in [0.1, 0.15) is 46.5 Å². The molecule has 0 unspecified atom stereocenters. The summed E-state index contributed by atoms with van der Waals surface area (Å²) >= 11 is 0. The van der Waals surface area contributed by atoms with Crippen LogP contribution in [0.2, 0.25) is 10.6 Å². The zero-order valence-electron chi connectivity index (χ0n) is 8.16. The fourth-order valence-electron chi connectivity index (χ4n) is 1.90. The molecule has 0 spiro atoms. The van der Waals surface area contributed by atoms with Crippen molar-refractivity contribution in [3.05, 3.63) is 0 Å². The number of hydrogen-bond donors (Lipinski definition) is 0. The molecule has 0 heterocycles. The quantitative estimate of drug-likeness (QED) is 0.433. The Hall–Kier alpha value is 0.0769. The van der Waals surface area contributed by atoms with Crippen molar-refractivity contribution in [3.8, 4) is 0 Å². The third-order valence-electron chi connectivity index (χ3n) is 2.87. The van der Waals surface area contributed by atoms with Gasteiger partial charge in [0.05, 0.1) is 0 Å². The van der Waals surface area contributed by atoms with E-state index in [4.69, 9.17) is 0 Å². The maximum absolute atomic E-state index is 13.8. The molecule has 0 aromatic heterocycles. The van der Waals surface area contributed by atoms with Crippen molar-refractivity contribution in [2.24, 2.45) is 0 Å². The van der Waals surface area contributed by atoms with E-state index in [1.165, 1.54) is 0 Å². The molecule has 1 aliphatic carbocycles. The Morgan fingerprint density at radius 1 is 1.08 bits per heavy atom. The second kappa shape index (κ2) is 3.09. The molecule has 0 atom stereocenters. The predicted molar refractivity (Wildman–Crippen MR) is 49.9 cm³/mol. The minimum Gasteiger partial charge on any atom is -0.270 e. The van der Waals surface area contributed by atoms with Crippen LogP contribution in [-0.4, -0.2) is 8.74 Å². The van der Waals surface area contributed by atoms with E-state index in [1.54, 1.807) is 20.8 Å². The predicted octanol–water partition coefficient (Wildman–Crippen LogP) is 4.11. The number of halogens is 2. The molecule has 0 nitrogen and oxygen atoms in total.